The summed E-state index contributed by atoms with van der Waals surface area (Å²) in [5.41, 5.74) is 0.928. The van der Waals surface area contributed by atoms with E-state index in [0.29, 0.717) is 23.1 Å². The maximum Gasteiger partial charge on any atom is 0.261 e. The van der Waals surface area contributed by atoms with Crippen molar-refractivity contribution in [3.8, 4) is 17.2 Å². The molecule has 3 aromatic carbocycles. The number of rotatable bonds is 5. The first-order valence-corrected chi connectivity index (χ1v) is 9.00. The quantitative estimate of drug-likeness (QED) is 0.713. The first-order valence-electron chi connectivity index (χ1n) is 8.62. The summed E-state index contributed by atoms with van der Waals surface area (Å²) in [4.78, 5) is 12.4. The summed E-state index contributed by atoms with van der Waals surface area (Å²) in [6.07, 6.45) is -0.649. The predicted molar refractivity (Wildman–Crippen MR) is 103 cm³/mol. The summed E-state index contributed by atoms with van der Waals surface area (Å²) in [5.74, 6) is 1.84. The van der Waals surface area contributed by atoms with Crippen LogP contribution in [0.4, 0.5) is 0 Å². The van der Waals surface area contributed by atoms with E-state index in [1.54, 1.807) is 19.1 Å². The number of amides is 1. The van der Waals surface area contributed by atoms with Gasteiger partial charge < -0.3 is 19.5 Å². The molecule has 6 heteroatoms. The Morgan fingerprint density at radius 2 is 1.89 bits per heavy atom. The van der Waals surface area contributed by atoms with Crippen LogP contribution < -0.4 is 19.5 Å². The summed E-state index contributed by atoms with van der Waals surface area (Å²) in [6.45, 7) is 2.33. The van der Waals surface area contributed by atoms with E-state index in [-0.39, 0.29) is 12.7 Å². The minimum atomic E-state index is -0.649. The summed E-state index contributed by atoms with van der Waals surface area (Å²) >= 11 is 6.23. The molecule has 27 heavy (non-hydrogen) atoms. The van der Waals surface area contributed by atoms with Gasteiger partial charge in [-0.15, -0.1) is 0 Å². The van der Waals surface area contributed by atoms with Gasteiger partial charge in [0.1, 0.15) is 5.75 Å². The van der Waals surface area contributed by atoms with Crippen LogP contribution in [0, 0.1) is 0 Å². The molecule has 0 aliphatic carbocycles. The Morgan fingerprint density at radius 1 is 1.11 bits per heavy atom. The van der Waals surface area contributed by atoms with Crippen molar-refractivity contribution in [3.63, 3.8) is 0 Å². The topological polar surface area (TPSA) is 56.8 Å². The van der Waals surface area contributed by atoms with Crippen molar-refractivity contribution < 1.29 is 19.0 Å². The van der Waals surface area contributed by atoms with Gasteiger partial charge in [-0.2, -0.15) is 0 Å². The highest BCUT2D eigenvalue weighted by Gasteiger charge is 2.17. The van der Waals surface area contributed by atoms with Gasteiger partial charge in [0, 0.05) is 22.3 Å². The second kappa shape index (κ2) is 7.37. The van der Waals surface area contributed by atoms with Crippen molar-refractivity contribution >= 4 is 28.3 Å². The van der Waals surface area contributed by atoms with Crippen LogP contribution in [0.1, 0.15) is 12.5 Å². The van der Waals surface area contributed by atoms with Gasteiger partial charge in [-0.1, -0.05) is 41.9 Å². The highest BCUT2D eigenvalue weighted by molar-refractivity contribution is 6.35. The van der Waals surface area contributed by atoms with Crippen LogP contribution in [0.2, 0.25) is 5.02 Å². The fourth-order valence-electron chi connectivity index (χ4n) is 2.97. The molecule has 1 aliphatic heterocycles. The van der Waals surface area contributed by atoms with Crippen LogP contribution >= 0.6 is 11.6 Å². The average molecular weight is 384 g/mol. The molecule has 1 amide bonds. The Kier molecular flexibility index (Phi) is 4.77. The molecule has 0 fully saturated rings. The molecule has 1 aliphatic rings. The van der Waals surface area contributed by atoms with Gasteiger partial charge in [0.25, 0.3) is 5.91 Å². The Hall–Kier alpha value is -2.92. The third-order valence-corrected chi connectivity index (χ3v) is 4.74. The molecule has 0 aromatic heterocycles. The Bertz CT molecular complexity index is 1000. The van der Waals surface area contributed by atoms with Crippen molar-refractivity contribution in [3.05, 3.63) is 65.2 Å². The van der Waals surface area contributed by atoms with E-state index < -0.39 is 6.10 Å². The lowest BCUT2D eigenvalue weighted by atomic mass is 10.1. The number of nitrogens with one attached hydrogen (secondary N) is 1. The standard InChI is InChI=1S/C21H18ClNO4/c1-13(27-18-9-7-17(22)15-4-2-3-5-16(15)18)21(24)23-11-14-6-8-19-20(10-14)26-12-25-19/h2-10,13H,11-12H2,1H3,(H,23,24)/t13-/m1/s1. The molecular weight excluding hydrogens is 366 g/mol. The van der Waals surface area contributed by atoms with Crippen molar-refractivity contribution in [1.29, 1.82) is 0 Å². The zero-order chi connectivity index (χ0) is 18.8. The maximum absolute atomic E-state index is 12.4. The lowest BCUT2D eigenvalue weighted by Gasteiger charge is -2.17. The molecule has 4 rings (SSSR count). The van der Waals surface area contributed by atoms with Crippen molar-refractivity contribution in [2.75, 3.05) is 6.79 Å². The molecule has 0 bridgehead atoms. The summed E-state index contributed by atoms with van der Waals surface area (Å²) in [5, 5.41) is 5.30. The molecule has 3 aromatic rings. The molecule has 1 atom stereocenters. The van der Waals surface area contributed by atoms with E-state index in [1.807, 2.05) is 42.5 Å². The maximum atomic E-state index is 12.4. The average Bonchev–Trinajstić information content (AvgIpc) is 3.16. The predicted octanol–water partition coefficient (Wildman–Crippen LogP) is 4.31. The molecule has 0 saturated heterocycles. The summed E-state index contributed by atoms with van der Waals surface area (Å²) < 4.78 is 16.5. The molecular formula is C21H18ClNO4. The number of ether oxygens (including phenoxy) is 3. The Balaban J connectivity index is 1.42. The van der Waals surface area contributed by atoms with Gasteiger partial charge in [0.05, 0.1) is 0 Å². The zero-order valence-electron chi connectivity index (χ0n) is 14.7. The van der Waals surface area contributed by atoms with Crippen molar-refractivity contribution in [2.45, 2.75) is 19.6 Å². The third kappa shape index (κ3) is 3.64. The molecule has 1 heterocycles. The first kappa shape index (κ1) is 17.5. The second-order valence-corrected chi connectivity index (χ2v) is 6.66. The van der Waals surface area contributed by atoms with Crippen LogP contribution in [-0.4, -0.2) is 18.8 Å². The van der Waals surface area contributed by atoms with Crippen LogP contribution in [0.5, 0.6) is 17.2 Å². The number of benzene rings is 3. The van der Waals surface area contributed by atoms with Crippen LogP contribution in [-0.2, 0) is 11.3 Å². The van der Waals surface area contributed by atoms with E-state index in [4.69, 9.17) is 25.8 Å². The van der Waals surface area contributed by atoms with E-state index in [9.17, 15) is 4.79 Å². The molecule has 0 radical (unpaired) electrons. The van der Waals surface area contributed by atoms with Crippen molar-refractivity contribution in [2.24, 2.45) is 0 Å². The number of carbonyl (C=O) groups is 1. The molecule has 5 nitrogen and oxygen atoms in total. The zero-order valence-corrected chi connectivity index (χ0v) is 15.5. The number of hydrogen-bond acceptors (Lipinski definition) is 4. The number of halogens is 1. The normalized spacial score (nSPS) is 13.4. The number of carbonyl (C=O) groups excluding carboxylic acids is 1. The smallest absolute Gasteiger partial charge is 0.261 e. The first-order chi connectivity index (χ1) is 13.1. The fraction of sp³-hybridized carbons (Fsp3) is 0.190. The summed E-state index contributed by atoms with van der Waals surface area (Å²) in [7, 11) is 0. The van der Waals surface area contributed by atoms with Gasteiger partial charge >= 0.3 is 0 Å². The third-order valence-electron chi connectivity index (χ3n) is 4.41. The molecule has 0 saturated carbocycles. The Morgan fingerprint density at radius 3 is 2.74 bits per heavy atom. The highest BCUT2D eigenvalue weighted by Crippen LogP contribution is 2.33. The minimum absolute atomic E-state index is 0.202. The van der Waals surface area contributed by atoms with Gasteiger partial charge in [-0.3, -0.25) is 4.79 Å². The number of hydrogen-bond donors (Lipinski definition) is 1. The van der Waals surface area contributed by atoms with E-state index in [1.165, 1.54) is 0 Å². The van der Waals surface area contributed by atoms with Crippen LogP contribution in [0.15, 0.2) is 54.6 Å². The van der Waals surface area contributed by atoms with E-state index in [2.05, 4.69) is 5.32 Å². The second-order valence-electron chi connectivity index (χ2n) is 6.26. The molecule has 0 unspecified atom stereocenters. The molecule has 1 N–H and O–H groups in total. The van der Waals surface area contributed by atoms with E-state index in [0.717, 1.165) is 22.1 Å². The minimum Gasteiger partial charge on any atom is -0.480 e. The molecule has 138 valence electrons. The highest BCUT2D eigenvalue weighted by atomic mass is 35.5. The van der Waals surface area contributed by atoms with Gasteiger partial charge in [-0.25, -0.2) is 0 Å². The Labute approximate surface area is 161 Å². The van der Waals surface area contributed by atoms with Gasteiger partial charge in [0.15, 0.2) is 17.6 Å². The van der Waals surface area contributed by atoms with Gasteiger partial charge in [0.2, 0.25) is 6.79 Å². The van der Waals surface area contributed by atoms with Crippen LogP contribution in [0.3, 0.4) is 0 Å². The van der Waals surface area contributed by atoms with Crippen LogP contribution in [0.25, 0.3) is 10.8 Å². The fourth-order valence-corrected chi connectivity index (χ4v) is 3.19. The monoisotopic (exact) mass is 383 g/mol. The number of fused-ring (bicyclic) bond motifs is 2. The lowest BCUT2D eigenvalue weighted by Crippen LogP contribution is -2.35. The summed E-state index contributed by atoms with van der Waals surface area (Å²) in [6, 6.07) is 16.8. The SMILES string of the molecule is C[C@@H](Oc1ccc(Cl)c2ccccc12)C(=O)NCc1ccc2c(c1)OCO2. The molecule has 0 spiro atoms. The largest absolute Gasteiger partial charge is 0.480 e. The van der Waals surface area contributed by atoms with Crippen molar-refractivity contribution in [1.82, 2.24) is 5.32 Å². The lowest BCUT2D eigenvalue weighted by molar-refractivity contribution is -0.127. The van der Waals surface area contributed by atoms with E-state index >= 15 is 0 Å². The van der Waals surface area contributed by atoms with Gasteiger partial charge in [-0.05, 0) is 36.8 Å².